The SMILES string of the molecule is O=C(CN1CCCCC1)Nc1ccc(-c2ccco2)cc1. The molecule has 4 heteroatoms. The first kappa shape index (κ1) is 13.9. The van der Waals surface area contributed by atoms with Crippen LogP contribution in [0.1, 0.15) is 19.3 Å². The van der Waals surface area contributed by atoms with E-state index < -0.39 is 0 Å². The predicted molar refractivity (Wildman–Crippen MR) is 83.1 cm³/mol. The lowest BCUT2D eigenvalue weighted by Gasteiger charge is -2.25. The highest BCUT2D eigenvalue weighted by molar-refractivity contribution is 5.92. The lowest BCUT2D eigenvalue weighted by Crippen LogP contribution is -2.36. The van der Waals surface area contributed by atoms with Crippen LogP contribution in [0.4, 0.5) is 5.69 Å². The molecule has 1 saturated heterocycles. The molecule has 3 rings (SSSR count). The molecule has 1 N–H and O–H groups in total. The summed E-state index contributed by atoms with van der Waals surface area (Å²) in [5.74, 6) is 0.892. The lowest BCUT2D eigenvalue weighted by atomic mass is 10.1. The number of nitrogens with one attached hydrogen (secondary N) is 1. The Morgan fingerprint density at radius 1 is 1.10 bits per heavy atom. The summed E-state index contributed by atoms with van der Waals surface area (Å²) in [7, 11) is 0. The molecule has 0 saturated carbocycles. The number of carbonyl (C=O) groups excluding carboxylic acids is 1. The molecule has 1 aliphatic heterocycles. The van der Waals surface area contributed by atoms with E-state index in [0.29, 0.717) is 6.54 Å². The first-order valence-corrected chi connectivity index (χ1v) is 7.47. The molecule has 0 aliphatic carbocycles. The van der Waals surface area contributed by atoms with Crippen LogP contribution in [0.3, 0.4) is 0 Å². The van der Waals surface area contributed by atoms with Gasteiger partial charge in [0.15, 0.2) is 0 Å². The van der Waals surface area contributed by atoms with Crippen molar-refractivity contribution in [2.45, 2.75) is 19.3 Å². The van der Waals surface area contributed by atoms with Crippen LogP contribution in [-0.4, -0.2) is 30.4 Å². The Morgan fingerprint density at radius 2 is 1.86 bits per heavy atom. The van der Waals surface area contributed by atoms with E-state index >= 15 is 0 Å². The van der Waals surface area contributed by atoms with Crippen LogP contribution in [0.2, 0.25) is 0 Å². The lowest BCUT2D eigenvalue weighted by molar-refractivity contribution is -0.117. The average Bonchev–Trinajstić information content (AvgIpc) is 3.03. The molecule has 21 heavy (non-hydrogen) atoms. The summed E-state index contributed by atoms with van der Waals surface area (Å²) >= 11 is 0. The fourth-order valence-electron chi connectivity index (χ4n) is 2.68. The zero-order valence-electron chi connectivity index (χ0n) is 12.0. The van der Waals surface area contributed by atoms with Gasteiger partial charge in [0, 0.05) is 11.3 Å². The van der Waals surface area contributed by atoms with Gasteiger partial charge < -0.3 is 9.73 Å². The zero-order valence-corrected chi connectivity index (χ0v) is 12.0. The van der Waals surface area contributed by atoms with Crippen molar-refractivity contribution >= 4 is 11.6 Å². The number of piperidine rings is 1. The zero-order chi connectivity index (χ0) is 14.5. The Balaban J connectivity index is 1.56. The summed E-state index contributed by atoms with van der Waals surface area (Å²) in [4.78, 5) is 14.2. The van der Waals surface area contributed by atoms with E-state index in [4.69, 9.17) is 4.42 Å². The molecule has 0 unspecified atom stereocenters. The van der Waals surface area contributed by atoms with Gasteiger partial charge in [-0.2, -0.15) is 0 Å². The largest absolute Gasteiger partial charge is 0.464 e. The highest BCUT2D eigenvalue weighted by atomic mass is 16.3. The van der Waals surface area contributed by atoms with Gasteiger partial charge in [-0.3, -0.25) is 9.69 Å². The van der Waals surface area contributed by atoms with Crippen molar-refractivity contribution in [1.82, 2.24) is 4.90 Å². The van der Waals surface area contributed by atoms with E-state index in [9.17, 15) is 4.79 Å². The van der Waals surface area contributed by atoms with Crippen molar-refractivity contribution in [2.75, 3.05) is 25.0 Å². The average molecular weight is 284 g/mol. The number of anilines is 1. The number of carbonyl (C=O) groups is 1. The topological polar surface area (TPSA) is 45.5 Å². The van der Waals surface area contributed by atoms with Crippen LogP contribution in [0.15, 0.2) is 47.1 Å². The van der Waals surface area contributed by atoms with Gasteiger partial charge in [0.1, 0.15) is 5.76 Å². The molecule has 1 fully saturated rings. The van der Waals surface area contributed by atoms with Crippen LogP contribution < -0.4 is 5.32 Å². The second kappa shape index (κ2) is 6.59. The standard InChI is InChI=1S/C17H20N2O2/c20-17(13-19-10-2-1-3-11-19)18-15-8-6-14(7-9-15)16-5-4-12-21-16/h4-9,12H,1-3,10-11,13H2,(H,18,20). The summed E-state index contributed by atoms with van der Waals surface area (Å²) in [6.07, 6.45) is 5.34. The van der Waals surface area contributed by atoms with E-state index in [1.165, 1.54) is 19.3 Å². The smallest absolute Gasteiger partial charge is 0.238 e. The third-order valence-electron chi connectivity index (χ3n) is 3.79. The molecule has 1 amide bonds. The van der Waals surface area contributed by atoms with Crippen molar-refractivity contribution in [2.24, 2.45) is 0 Å². The summed E-state index contributed by atoms with van der Waals surface area (Å²) < 4.78 is 5.35. The third kappa shape index (κ3) is 3.73. The second-order valence-corrected chi connectivity index (χ2v) is 5.44. The predicted octanol–water partition coefficient (Wildman–Crippen LogP) is 3.37. The molecule has 0 radical (unpaired) electrons. The highest BCUT2D eigenvalue weighted by Crippen LogP contribution is 2.21. The molecular formula is C17H20N2O2. The second-order valence-electron chi connectivity index (χ2n) is 5.44. The number of amides is 1. The van der Waals surface area contributed by atoms with E-state index in [0.717, 1.165) is 30.1 Å². The molecule has 110 valence electrons. The summed E-state index contributed by atoms with van der Waals surface area (Å²) in [5, 5.41) is 2.95. The van der Waals surface area contributed by atoms with Crippen molar-refractivity contribution in [3.05, 3.63) is 42.7 Å². The molecule has 0 spiro atoms. The van der Waals surface area contributed by atoms with E-state index in [1.54, 1.807) is 6.26 Å². The van der Waals surface area contributed by atoms with Crippen molar-refractivity contribution < 1.29 is 9.21 Å². The maximum absolute atomic E-state index is 12.0. The summed E-state index contributed by atoms with van der Waals surface area (Å²) in [6.45, 7) is 2.55. The first-order valence-electron chi connectivity index (χ1n) is 7.47. The minimum Gasteiger partial charge on any atom is -0.464 e. The van der Waals surface area contributed by atoms with Crippen LogP contribution >= 0.6 is 0 Å². The van der Waals surface area contributed by atoms with E-state index in [2.05, 4.69) is 10.2 Å². The van der Waals surface area contributed by atoms with Gasteiger partial charge in [-0.15, -0.1) is 0 Å². The molecule has 2 heterocycles. The van der Waals surface area contributed by atoms with Gasteiger partial charge >= 0.3 is 0 Å². The Bertz CT molecular complexity index is 569. The molecule has 2 aromatic rings. The quantitative estimate of drug-likeness (QED) is 0.936. The Morgan fingerprint density at radius 3 is 2.52 bits per heavy atom. The number of likely N-dealkylation sites (tertiary alicyclic amines) is 1. The summed E-state index contributed by atoms with van der Waals surface area (Å²) in [5.41, 5.74) is 1.83. The van der Waals surface area contributed by atoms with Crippen LogP contribution in [0.5, 0.6) is 0 Å². The fraction of sp³-hybridized carbons (Fsp3) is 0.353. The van der Waals surface area contributed by atoms with Crippen molar-refractivity contribution in [3.63, 3.8) is 0 Å². The van der Waals surface area contributed by atoms with Crippen LogP contribution in [0, 0.1) is 0 Å². The van der Waals surface area contributed by atoms with E-state index in [1.807, 2.05) is 36.4 Å². The van der Waals surface area contributed by atoms with Crippen LogP contribution in [-0.2, 0) is 4.79 Å². The molecule has 0 atom stereocenters. The van der Waals surface area contributed by atoms with Gasteiger partial charge in [-0.25, -0.2) is 0 Å². The Kier molecular flexibility index (Phi) is 4.36. The molecule has 1 aromatic carbocycles. The maximum Gasteiger partial charge on any atom is 0.238 e. The normalized spacial score (nSPS) is 15.8. The minimum atomic E-state index is 0.0580. The van der Waals surface area contributed by atoms with Gasteiger partial charge in [0.25, 0.3) is 0 Å². The van der Waals surface area contributed by atoms with Crippen molar-refractivity contribution in [3.8, 4) is 11.3 Å². The molecular weight excluding hydrogens is 264 g/mol. The van der Waals surface area contributed by atoms with E-state index in [-0.39, 0.29) is 5.91 Å². The fourth-order valence-corrected chi connectivity index (χ4v) is 2.68. The van der Waals surface area contributed by atoms with Gasteiger partial charge in [0.05, 0.1) is 12.8 Å². The molecule has 1 aliphatic rings. The first-order chi connectivity index (χ1) is 10.3. The van der Waals surface area contributed by atoms with Gasteiger partial charge in [-0.05, 0) is 62.3 Å². The Hall–Kier alpha value is -2.07. The third-order valence-corrected chi connectivity index (χ3v) is 3.79. The van der Waals surface area contributed by atoms with Crippen molar-refractivity contribution in [1.29, 1.82) is 0 Å². The number of benzene rings is 1. The molecule has 4 nitrogen and oxygen atoms in total. The maximum atomic E-state index is 12.0. The number of rotatable bonds is 4. The van der Waals surface area contributed by atoms with Gasteiger partial charge in [-0.1, -0.05) is 6.42 Å². The number of furan rings is 1. The Labute approximate surface area is 124 Å². The number of hydrogen-bond donors (Lipinski definition) is 1. The summed E-state index contributed by atoms with van der Waals surface area (Å²) in [6, 6.07) is 11.5. The molecule has 1 aromatic heterocycles. The number of hydrogen-bond acceptors (Lipinski definition) is 3. The number of nitrogens with zero attached hydrogens (tertiary/aromatic N) is 1. The minimum absolute atomic E-state index is 0.0580. The highest BCUT2D eigenvalue weighted by Gasteiger charge is 2.13. The monoisotopic (exact) mass is 284 g/mol. The van der Waals surface area contributed by atoms with Crippen LogP contribution in [0.25, 0.3) is 11.3 Å². The van der Waals surface area contributed by atoms with Gasteiger partial charge in [0.2, 0.25) is 5.91 Å². The molecule has 0 bridgehead atoms.